The summed E-state index contributed by atoms with van der Waals surface area (Å²) in [6.07, 6.45) is 0. The van der Waals surface area contributed by atoms with Gasteiger partial charge in [0.2, 0.25) is 0 Å². The van der Waals surface area contributed by atoms with Crippen LogP contribution in [0.3, 0.4) is 0 Å². The van der Waals surface area contributed by atoms with Crippen molar-refractivity contribution >= 4 is 35.1 Å². The van der Waals surface area contributed by atoms with Crippen LogP contribution in [-0.4, -0.2) is 48.2 Å². The smallest absolute Gasteiger partial charge is 0.311 e. The van der Waals surface area contributed by atoms with E-state index >= 15 is 0 Å². The lowest BCUT2D eigenvalue weighted by Crippen LogP contribution is -2.44. The Balaban J connectivity index is 2.22. The molecule has 1 aromatic rings. The van der Waals surface area contributed by atoms with E-state index in [9.17, 15) is 9.59 Å². The Morgan fingerprint density at radius 1 is 1.35 bits per heavy atom. The second kappa shape index (κ2) is 5.99. The van der Waals surface area contributed by atoms with E-state index < -0.39 is 17.9 Å². The molecular formula is C13H13Cl2NO4. The van der Waals surface area contributed by atoms with Gasteiger partial charge in [-0.3, -0.25) is 9.59 Å². The Kier molecular flexibility index (Phi) is 4.52. The zero-order valence-corrected chi connectivity index (χ0v) is 12.2. The Morgan fingerprint density at radius 2 is 2.05 bits per heavy atom. The molecule has 0 spiro atoms. The lowest BCUT2D eigenvalue weighted by atomic mass is 10.0. The molecule has 1 N–H and O–H groups in total. The van der Waals surface area contributed by atoms with Crippen molar-refractivity contribution in [3.63, 3.8) is 0 Å². The molecule has 2 rings (SSSR count). The van der Waals surface area contributed by atoms with E-state index in [1.54, 1.807) is 13.1 Å². The maximum absolute atomic E-state index is 12.4. The quantitative estimate of drug-likeness (QED) is 0.927. The summed E-state index contributed by atoms with van der Waals surface area (Å²) in [6.45, 7) is 0.302. The minimum absolute atomic E-state index is 0.103. The third kappa shape index (κ3) is 2.90. The number of carbonyl (C=O) groups is 2. The number of carboxylic acids is 1. The SMILES string of the molecule is CN(C(=O)c1ccc(Cl)cc1Cl)C1COCC1C(=O)O. The van der Waals surface area contributed by atoms with Gasteiger partial charge in [0.15, 0.2) is 0 Å². The number of hydrogen-bond donors (Lipinski definition) is 1. The fraction of sp³-hybridized carbons (Fsp3) is 0.385. The number of rotatable bonds is 3. The van der Waals surface area contributed by atoms with E-state index in [0.29, 0.717) is 5.02 Å². The molecule has 2 unspecified atom stereocenters. The lowest BCUT2D eigenvalue weighted by Gasteiger charge is -2.26. The first-order valence-electron chi connectivity index (χ1n) is 5.94. The molecule has 20 heavy (non-hydrogen) atoms. The lowest BCUT2D eigenvalue weighted by molar-refractivity contribution is -0.142. The van der Waals surface area contributed by atoms with Gasteiger partial charge in [-0.2, -0.15) is 0 Å². The van der Waals surface area contributed by atoms with Crippen LogP contribution in [0.1, 0.15) is 10.4 Å². The first kappa shape index (κ1) is 15.1. The number of halogens is 2. The number of amides is 1. The van der Waals surface area contributed by atoms with Crippen molar-refractivity contribution in [3.05, 3.63) is 33.8 Å². The number of benzene rings is 1. The third-order valence-electron chi connectivity index (χ3n) is 3.35. The van der Waals surface area contributed by atoms with Gasteiger partial charge in [-0.05, 0) is 18.2 Å². The van der Waals surface area contributed by atoms with Crippen LogP contribution < -0.4 is 0 Å². The van der Waals surface area contributed by atoms with E-state index in [1.807, 2.05) is 0 Å². The van der Waals surface area contributed by atoms with Crippen molar-refractivity contribution in [1.29, 1.82) is 0 Å². The van der Waals surface area contributed by atoms with Crippen LogP contribution in [0.5, 0.6) is 0 Å². The summed E-state index contributed by atoms with van der Waals surface area (Å²) < 4.78 is 5.16. The molecule has 1 amide bonds. The van der Waals surface area contributed by atoms with E-state index in [-0.39, 0.29) is 29.7 Å². The zero-order chi connectivity index (χ0) is 14.9. The molecule has 1 aromatic carbocycles. The molecule has 1 fully saturated rings. The summed E-state index contributed by atoms with van der Waals surface area (Å²) in [5, 5.41) is 9.78. The second-order valence-corrected chi connectivity index (χ2v) is 5.43. The average Bonchev–Trinajstić information content (AvgIpc) is 2.86. The van der Waals surface area contributed by atoms with Crippen LogP contribution in [0.15, 0.2) is 18.2 Å². The molecule has 0 aliphatic carbocycles. The van der Waals surface area contributed by atoms with Crippen molar-refractivity contribution in [3.8, 4) is 0 Å². The molecule has 5 nitrogen and oxygen atoms in total. The fourth-order valence-corrected chi connectivity index (χ4v) is 2.65. The topological polar surface area (TPSA) is 66.8 Å². The average molecular weight is 318 g/mol. The van der Waals surface area contributed by atoms with E-state index in [2.05, 4.69) is 0 Å². The number of aliphatic carboxylic acids is 1. The van der Waals surface area contributed by atoms with Gasteiger partial charge < -0.3 is 14.7 Å². The fourth-order valence-electron chi connectivity index (χ4n) is 2.16. The zero-order valence-electron chi connectivity index (χ0n) is 10.7. The number of carboxylic acid groups (broad SMARTS) is 1. The molecule has 0 aromatic heterocycles. The molecule has 1 aliphatic heterocycles. The van der Waals surface area contributed by atoms with Crippen molar-refractivity contribution in [2.24, 2.45) is 5.92 Å². The highest BCUT2D eigenvalue weighted by Gasteiger charge is 2.38. The molecule has 0 bridgehead atoms. The highest BCUT2D eigenvalue weighted by Crippen LogP contribution is 2.25. The Hall–Kier alpha value is -1.30. The van der Waals surface area contributed by atoms with Gasteiger partial charge in [-0.25, -0.2) is 0 Å². The molecule has 108 valence electrons. The van der Waals surface area contributed by atoms with Crippen molar-refractivity contribution in [2.75, 3.05) is 20.3 Å². The third-order valence-corrected chi connectivity index (χ3v) is 3.89. The molecular weight excluding hydrogens is 305 g/mol. The van der Waals surface area contributed by atoms with Crippen molar-refractivity contribution in [2.45, 2.75) is 6.04 Å². The molecule has 7 heteroatoms. The number of ether oxygens (including phenoxy) is 1. The summed E-state index contributed by atoms with van der Waals surface area (Å²) in [7, 11) is 1.54. The maximum atomic E-state index is 12.4. The number of likely N-dealkylation sites (N-methyl/N-ethyl adjacent to an activating group) is 1. The molecule has 2 atom stereocenters. The maximum Gasteiger partial charge on any atom is 0.311 e. The standard InChI is InChI=1S/C13H13Cl2NO4/c1-16(11-6-20-5-9(11)13(18)19)12(17)8-3-2-7(14)4-10(8)15/h2-4,9,11H,5-6H2,1H3,(H,18,19). The minimum Gasteiger partial charge on any atom is -0.481 e. The van der Waals surface area contributed by atoms with Crippen LogP contribution in [0, 0.1) is 5.92 Å². The van der Waals surface area contributed by atoms with Gasteiger partial charge in [0.05, 0.1) is 29.8 Å². The number of nitrogens with zero attached hydrogens (tertiary/aromatic N) is 1. The summed E-state index contributed by atoms with van der Waals surface area (Å²) >= 11 is 11.8. The van der Waals surface area contributed by atoms with Gasteiger partial charge in [0, 0.05) is 12.1 Å². The van der Waals surface area contributed by atoms with Crippen LogP contribution in [0.4, 0.5) is 0 Å². The van der Waals surface area contributed by atoms with Gasteiger partial charge in [0.1, 0.15) is 5.92 Å². The molecule has 1 saturated heterocycles. The predicted molar refractivity (Wildman–Crippen MR) is 74.3 cm³/mol. The summed E-state index contributed by atoms with van der Waals surface area (Å²) in [6, 6.07) is 4.06. The van der Waals surface area contributed by atoms with E-state index in [1.165, 1.54) is 17.0 Å². The van der Waals surface area contributed by atoms with Crippen molar-refractivity contribution in [1.82, 2.24) is 4.90 Å². The second-order valence-electron chi connectivity index (χ2n) is 4.59. The Bertz CT molecular complexity index is 549. The Morgan fingerprint density at radius 3 is 2.65 bits per heavy atom. The van der Waals surface area contributed by atoms with Gasteiger partial charge in [-0.15, -0.1) is 0 Å². The number of hydrogen-bond acceptors (Lipinski definition) is 3. The molecule has 1 aliphatic rings. The Labute approximate surface area is 126 Å². The number of carbonyl (C=O) groups excluding carboxylic acids is 1. The van der Waals surface area contributed by atoms with Gasteiger partial charge in [0.25, 0.3) is 5.91 Å². The van der Waals surface area contributed by atoms with Crippen LogP contribution >= 0.6 is 23.2 Å². The highest BCUT2D eigenvalue weighted by atomic mass is 35.5. The minimum atomic E-state index is -0.977. The van der Waals surface area contributed by atoms with Crippen LogP contribution in [0.25, 0.3) is 0 Å². The summed E-state index contributed by atoms with van der Waals surface area (Å²) in [5.41, 5.74) is 0.287. The highest BCUT2D eigenvalue weighted by molar-refractivity contribution is 6.36. The van der Waals surface area contributed by atoms with Crippen LogP contribution in [-0.2, 0) is 9.53 Å². The van der Waals surface area contributed by atoms with Crippen LogP contribution in [0.2, 0.25) is 10.0 Å². The molecule has 0 saturated carbocycles. The molecule has 1 heterocycles. The summed E-state index contributed by atoms with van der Waals surface area (Å²) in [5.74, 6) is -2.06. The van der Waals surface area contributed by atoms with Crippen molar-refractivity contribution < 1.29 is 19.4 Å². The normalized spacial score (nSPS) is 21.8. The largest absolute Gasteiger partial charge is 0.481 e. The van der Waals surface area contributed by atoms with E-state index in [4.69, 9.17) is 33.0 Å². The van der Waals surface area contributed by atoms with Gasteiger partial charge in [-0.1, -0.05) is 23.2 Å². The first-order valence-corrected chi connectivity index (χ1v) is 6.70. The van der Waals surface area contributed by atoms with Gasteiger partial charge >= 0.3 is 5.97 Å². The molecule has 0 radical (unpaired) electrons. The summed E-state index contributed by atoms with van der Waals surface area (Å²) in [4.78, 5) is 24.9. The monoisotopic (exact) mass is 317 g/mol. The predicted octanol–water partition coefficient (Wildman–Crippen LogP) is 2.16. The van der Waals surface area contributed by atoms with E-state index in [0.717, 1.165) is 0 Å². The first-order chi connectivity index (χ1) is 9.41.